The van der Waals surface area contributed by atoms with Crippen LogP contribution in [-0.4, -0.2) is 30.5 Å². The predicted molar refractivity (Wildman–Crippen MR) is 107 cm³/mol. The van der Waals surface area contributed by atoms with Gasteiger partial charge in [0.2, 0.25) is 0 Å². The van der Waals surface area contributed by atoms with Gasteiger partial charge in [-0.15, -0.1) is 11.3 Å². The van der Waals surface area contributed by atoms with Crippen molar-refractivity contribution >= 4 is 37.9 Å². The van der Waals surface area contributed by atoms with Crippen molar-refractivity contribution in [3.63, 3.8) is 0 Å². The smallest absolute Gasteiger partial charge is 0.271 e. The molecule has 2 aromatic rings. The number of nitrogens with one attached hydrogen (secondary N) is 1. The Morgan fingerprint density at radius 1 is 1.39 bits per heavy atom. The highest BCUT2D eigenvalue weighted by Gasteiger charge is 2.24. The number of nitrogens with zero attached hydrogens (tertiary/aromatic N) is 2. The predicted octanol–water partition coefficient (Wildman–Crippen LogP) is 3.61. The Morgan fingerprint density at radius 2 is 2.14 bits per heavy atom. The van der Waals surface area contributed by atoms with Crippen molar-refractivity contribution < 1.29 is 18.1 Å². The van der Waals surface area contributed by atoms with Crippen molar-refractivity contribution in [3.8, 4) is 0 Å². The normalized spacial score (nSPS) is 16.4. The van der Waals surface area contributed by atoms with E-state index in [2.05, 4.69) is 17.2 Å². The van der Waals surface area contributed by atoms with E-state index in [-0.39, 0.29) is 10.5 Å². The molecule has 1 atom stereocenters. The Bertz CT molecular complexity index is 1030. The maximum atomic E-state index is 12.6. The Labute approximate surface area is 167 Å². The maximum Gasteiger partial charge on any atom is 0.271 e. The van der Waals surface area contributed by atoms with Gasteiger partial charge in [0.05, 0.1) is 15.5 Å². The van der Waals surface area contributed by atoms with Crippen LogP contribution in [0.5, 0.6) is 0 Å². The average Bonchev–Trinajstić information content (AvgIpc) is 3.02. The summed E-state index contributed by atoms with van der Waals surface area (Å²) in [7, 11) is -3.70. The summed E-state index contributed by atoms with van der Waals surface area (Å²) in [6, 6.07) is 3.15. The molecular weight excluding hydrogens is 402 g/mol. The first kappa shape index (κ1) is 20.4. The molecule has 150 valence electrons. The van der Waals surface area contributed by atoms with Gasteiger partial charge in [-0.3, -0.25) is 20.2 Å². The van der Waals surface area contributed by atoms with Crippen LogP contribution in [0.3, 0.4) is 0 Å². The topological polar surface area (TPSA) is 119 Å². The van der Waals surface area contributed by atoms with Gasteiger partial charge in [-0.1, -0.05) is 19.8 Å². The first-order valence-electron chi connectivity index (χ1n) is 8.97. The Hall–Kier alpha value is -2.33. The third kappa shape index (κ3) is 4.56. The van der Waals surface area contributed by atoms with Crippen LogP contribution in [0.4, 0.5) is 10.8 Å². The lowest BCUT2D eigenvalue weighted by Crippen LogP contribution is -2.14. The number of amides is 1. The van der Waals surface area contributed by atoms with Crippen LogP contribution in [0.15, 0.2) is 23.1 Å². The van der Waals surface area contributed by atoms with Crippen LogP contribution in [0, 0.1) is 16.0 Å². The highest BCUT2D eigenvalue weighted by molar-refractivity contribution is 7.90. The highest BCUT2D eigenvalue weighted by atomic mass is 32.2. The van der Waals surface area contributed by atoms with Gasteiger partial charge in [-0.25, -0.2) is 13.4 Å². The molecule has 1 aromatic carbocycles. The lowest BCUT2D eigenvalue weighted by atomic mass is 9.88. The van der Waals surface area contributed by atoms with E-state index in [0.717, 1.165) is 60.7 Å². The number of carbonyl (C=O) groups is 1. The van der Waals surface area contributed by atoms with Gasteiger partial charge in [0.1, 0.15) is 0 Å². The SMILES string of the molecule is CCCC1CCc2nc(NC(=O)c3cc([N+](=O)[O-])cc(S(C)(=O)=O)c3)sc2C1. The van der Waals surface area contributed by atoms with E-state index in [0.29, 0.717) is 11.0 Å². The number of nitro benzene ring substituents is 1. The molecule has 0 saturated carbocycles. The van der Waals surface area contributed by atoms with Crippen LogP contribution >= 0.6 is 11.3 Å². The second-order valence-corrected chi connectivity index (χ2v) is 10.1. The van der Waals surface area contributed by atoms with Gasteiger partial charge in [0.15, 0.2) is 15.0 Å². The molecule has 10 heteroatoms. The molecule has 0 fully saturated rings. The number of anilines is 1. The lowest BCUT2D eigenvalue weighted by Gasteiger charge is -2.19. The average molecular weight is 424 g/mol. The largest absolute Gasteiger partial charge is 0.298 e. The molecule has 1 amide bonds. The number of carbonyl (C=O) groups excluding carboxylic acids is 1. The first-order valence-corrected chi connectivity index (χ1v) is 11.7. The minimum absolute atomic E-state index is 0.0911. The summed E-state index contributed by atoms with van der Waals surface area (Å²) in [5, 5.41) is 14.2. The van der Waals surface area contributed by atoms with E-state index < -0.39 is 26.4 Å². The van der Waals surface area contributed by atoms with Crippen molar-refractivity contribution in [2.75, 3.05) is 11.6 Å². The molecule has 0 saturated heterocycles. The van der Waals surface area contributed by atoms with E-state index >= 15 is 0 Å². The number of aromatic nitrogens is 1. The fourth-order valence-corrected chi connectivity index (χ4v) is 5.15. The molecule has 1 aromatic heterocycles. The number of nitro groups is 1. The van der Waals surface area contributed by atoms with E-state index in [1.54, 1.807) is 0 Å². The standard InChI is InChI=1S/C18H21N3O5S2/c1-3-4-11-5-6-15-16(7-11)27-18(19-15)20-17(22)12-8-13(21(23)24)10-14(9-12)28(2,25)26/h8-11H,3-7H2,1-2H3,(H,19,20,22). The van der Waals surface area contributed by atoms with Crippen LogP contribution < -0.4 is 5.32 Å². The zero-order valence-corrected chi connectivity index (χ0v) is 17.2. The number of sulfone groups is 1. The van der Waals surface area contributed by atoms with Crippen molar-refractivity contribution in [2.24, 2.45) is 5.92 Å². The fraction of sp³-hybridized carbons (Fsp3) is 0.444. The number of non-ortho nitro benzene ring substituents is 1. The molecule has 3 rings (SSSR count). The summed E-state index contributed by atoms with van der Waals surface area (Å²) >= 11 is 1.41. The van der Waals surface area contributed by atoms with E-state index in [4.69, 9.17) is 0 Å². The van der Waals surface area contributed by atoms with Crippen LogP contribution in [-0.2, 0) is 22.7 Å². The third-order valence-corrected chi connectivity index (χ3v) is 6.88. The maximum absolute atomic E-state index is 12.6. The number of fused-ring (bicyclic) bond motifs is 1. The minimum atomic E-state index is -3.70. The monoisotopic (exact) mass is 423 g/mol. The minimum Gasteiger partial charge on any atom is -0.298 e. The van der Waals surface area contributed by atoms with Gasteiger partial charge >= 0.3 is 0 Å². The summed E-state index contributed by atoms with van der Waals surface area (Å²) in [5.74, 6) is 0.0143. The summed E-state index contributed by atoms with van der Waals surface area (Å²) in [5.41, 5.74) is 0.448. The molecule has 8 nitrogen and oxygen atoms in total. The molecule has 0 bridgehead atoms. The third-order valence-electron chi connectivity index (χ3n) is 4.75. The van der Waals surface area contributed by atoms with Crippen molar-refractivity contribution in [1.82, 2.24) is 4.98 Å². The van der Waals surface area contributed by atoms with Crippen molar-refractivity contribution in [3.05, 3.63) is 44.4 Å². The van der Waals surface area contributed by atoms with E-state index in [9.17, 15) is 23.3 Å². The number of thiazole rings is 1. The number of aryl methyl sites for hydroxylation is 1. The Kier molecular flexibility index (Phi) is 5.80. The van der Waals surface area contributed by atoms with Gasteiger partial charge < -0.3 is 0 Å². The molecule has 0 aliphatic heterocycles. The summed E-state index contributed by atoms with van der Waals surface area (Å²) in [4.78, 5) is 28.3. The molecule has 1 unspecified atom stereocenters. The zero-order valence-electron chi connectivity index (χ0n) is 15.6. The highest BCUT2D eigenvalue weighted by Crippen LogP contribution is 2.34. The Balaban J connectivity index is 1.84. The van der Waals surface area contributed by atoms with Crippen molar-refractivity contribution in [2.45, 2.75) is 43.9 Å². The van der Waals surface area contributed by atoms with Gasteiger partial charge in [-0.05, 0) is 31.2 Å². The van der Waals surface area contributed by atoms with Crippen LogP contribution in [0.25, 0.3) is 0 Å². The number of hydrogen-bond acceptors (Lipinski definition) is 7. The molecule has 1 N–H and O–H groups in total. The van der Waals surface area contributed by atoms with Gasteiger partial charge in [-0.2, -0.15) is 0 Å². The van der Waals surface area contributed by atoms with Crippen LogP contribution in [0.2, 0.25) is 0 Å². The number of hydrogen-bond donors (Lipinski definition) is 1. The van der Waals surface area contributed by atoms with Gasteiger partial charge in [0.25, 0.3) is 11.6 Å². The second kappa shape index (κ2) is 7.96. The van der Waals surface area contributed by atoms with E-state index in [1.807, 2.05) is 0 Å². The quantitative estimate of drug-likeness (QED) is 0.560. The Morgan fingerprint density at radius 3 is 2.79 bits per heavy atom. The summed E-state index contributed by atoms with van der Waals surface area (Å²) in [6.45, 7) is 2.16. The molecule has 1 heterocycles. The zero-order chi connectivity index (χ0) is 20.5. The summed E-state index contributed by atoms with van der Waals surface area (Å²) < 4.78 is 23.6. The fourth-order valence-electron chi connectivity index (χ4n) is 3.35. The van der Waals surface area contributed by atoms with Crippen molar-refractivity contribution in [1.29, 1.82) is 0 Å². The number of rotatable bonds is 6. The first-order chi connectivity index (χ1) is 13.2. The molecule has 0 radical (unpaired) electrons. The molecule has 28 heavy (non-hydrogen) atoms. The molecule has 0 spiro atoms. The van der Waals surface area contributed by atoms with Gasteiger partial charge in [0, 0.05) is 28.8 Å². The second-order valence-electron chi connectivity index (χ2n) is 6.99. The molecule has 1 aliphatic carbocycles. The molecular formula is C18H21N3O5S2. The lowest BCUT2D eigenvalue weighted by molar-refractivity contribution is -0.385. The summed E-state index contributed by atoms with van der Waals surface area (Å²) in [6.07, 6.45) is 6.15. The van der Waals surface area contributed by atoms with Crippen LogP contribution in [0.1, 0.15) is 47.1 Å². The van der Waals surface area contributed by atoms with E-state index in [1.165, 1.54) is 17.8 Å². The molecule has 1 aliphatic rings. The number of benzene rings is 1.